The summed E-state index contributed by atoms with van der Waals surface area (Å²) >= 11 is 0. The van der Waals surface area contributed by atoms with E-state index in [0.717, 1.165) is 18.7 Å². The SMILES string of the molecule is CCOc1cc(C2/C(=C(/O)c3ccc4c(c3)OCCO4)C(=O)C(=O)N2CCN2CCOCC2)ccc1OCc1ccccc1. The topological polar surface area (TPSA) is 107 Å². The van der Waals surface area contributed by atoms with Crippen molar-refractivity contribution in [2.75, 3.05) is 59.2 Å². The molecular weight excluding hydrogens is 564 g/mol. The number of morpholine rings is 1. The Labute approximate surface area is 256 Å². The number of ether oxygens (including phenoxy) is 5. The third-order valence-electron chi connectivity index (χ3n) is 7.94. The van der Waals surface area contributed by atoms with Crippen molar-refractivity contribution in [1.82, 2.24) is 9.80 Å². The summed E-state index contributed by atoms with van der Waals surface area (Å²) in [5, 5.41) is 11.6. The maximum Gasteiger partial charge on any atom is 0.295 e. The van der Waals surface area contributed by atoms with Gasteiger partial charge in [-0.05, 0) is 48.4 Å². The number of benzene rings is 3. The highest BCUT2D eigenvalue weighted by Gasteiger charge is 2.46. The largest absolute Gasteiger partial charge is 0.507 e. The van der Waals surface area contributed by atoms with Gasteiger partial charge in [0.2, 0.25) is 0 Å². The first-order chi connectivity index (χ1) is 21.5. The van der Waals surface area contributed by atoms with Crippen LogP contribution in [0.5, 0.6) is 23.0 Å². The standard InChI is InChI=1S/C34H36N2O8/c1-2-41-28-20-24(8-10-27(28)44-22-23-6-4-3-5-7-23)31-30(32(37)25-9-11-26-29(21-25)43-19-18-42-26)33(38)34(39)36(31)13-12-35-14-16-40-17-15-35/h3-11,20-21,31,37H,2,12-19,22H2,1H3/b32-30-. The van der Waals surface area contributed by atoms with Gasteiger partial charge in [0, 0.05) is 31.7 Å². The van der Waals surface area contributed by atoms with Crippen LogP contribution in [0.1, 0.15) is 29.7 Å². The number of hydrogen-bond donors (Lipinski definition) is 1. The molecule has 1 atom stereocenters. The zero-order valence-electron chi connectivity index (χ0n) is 24.7. The second-order valence-corrected chi connectivity index (χ2v) is 10.7. The van der Waals surface area contributed by atoms with Crippen LogP contribution in [0, 0.1) is 0 Å². The van der Waals surface area contributed by atoms with Crippen molar-refractivity contribution in [2.45, 2.75) is 19.6 Å². The van der Waals surface area contributed by atoms with E-state index in [1.54, 1.807) is 30.3 Å². The summed E-state index contributed by atoms with van der Waals surface area (Å²) in [6.45, 7) is 7.01. The lowest BCUT2D eigenvalue weighted by Crippen LogP contribution is -2.42. The first-order valence-electron chi connectivity index (χ1n) is 15.0. The van der Waals surface area contributed by atoms with Gasteiger partial charge in [0.05, 0.1) is 31.4 Å². The summed E-state index contributed by atoms with van der Waals surface area (Å²) < 4.78 is 28.9. The number of carbonyl (C=O) groups excluding carboxylic acids is 2. The van der Waals surface area contributed by atoms with Crippen molar-refractivity contribution in [1.29, 1.82) is 0 Å². The van der Waals surface area contributed by atoms with E-state index >= 15 is 0 Å². The van der Waals surface area contributed by atoms with E-state index in [1.807, 2.05) is 43.3 Å². The number of ketones is 1. The van der Waals surface area contributed by atoms with Crippen LogP contribution >= 0.6 is 0 Å². The van der Waals surface area contributed by atoms with Crippen molar-refractivity contribution < 1.29 is 38.4 Å². The highest BCUT2D eigenvalue weighted by atomic mass is 16.6. The van der Waals surface area contributed by atoms with E-state index in [4.69, 9.17) is 23.7 Å². The van der Waals surface area contributed by atoms with Gasteiger partial charge in [-0.1, -0.05) is 36.4 Å². The quantitative estimate of drug-likeness (QED) is 0.208. The summed E-state index contributed by atoms with van der Waals surface area (Å²) in [4.78, 5) is 30.9. The fourth-order valence-corrected chi connectivity index (χ4v) is 5.69. The minimum absolute atomic E-state index is 0.00839. The monoisotopic (exact) mass is 600 g/mol. The molecule has 3 aromatic rings. The van der Waals surface area contributed by atoms with E-state index in [-0.39, 0.29) is 11.3 Å². The number of nitrogens with zero attached hydrogens (tertiary/aromatic N) is 2. The van der Waals surface area contributed by atoms with Crippen LogP contribution in [0.25, 0.3) is 5.76 Å². The molecule has 0 bridgehead atoms. The zero-order chi connectivity index (χ0) is 30.5. The molecule has 3 heterocycles. The Kier molecular flexibility index (Phi) is 8.99. The van der Waals surface area contributed by atoms with Crippen molar-refractivity contribution in [3.8, 4) is 23.0 Å². The third kappa shape index (κ3) is 6.22. The van der Waals surface area contributed by atoms with Crippen LogP contribution in [0.4, 0.5) is 0 Å². The van der Waals surface area contributed by atoms with Crippen LogP contribution in [0.3, 0.4) is 0 Å². The molecule has 0 saturated carbocycles. The van der Waals surface area contributed by atoms with E-state index < -0.39 is 17.7 Å². The first kappa shape index (κ1) is 29.5. The Morgan fingerprint density at radius 2 is 1.64 bits per heavy atom. The predicted molar refractivity (Wildman–Crippen MR) is 162 cm³/mol. The zero-order valence-corrected chi connectivity index (χ0v) is 24.7. The van der Waals surface area contributed by atoms with Crippen LogP contribution in [0.2, 0.25) is 0 Å². The summed E-state index contributed by atoms with van der Waals surface area (Å²) in [5.41, 5.74) is 2.00. The van der Waals surface area contributed by atoms with Gasteiger partial charge < -0.3 is 33.7 Å². The van der Waals surface area contributed by atoms with Gasteiger partial charge in [-0.2, -0.15) is 0 Å². The van der Waals surface area contributed by atoms with Gasteiger partial charge in [-0.25, -0.2) is 0 Å². The van der Waals surface area contributed by atoms with Gasteiger partial charge in [0.15, 0.2) is 23.0 Å². The lowest BCUT2D eigenvalue weighted by Gasteiger charge is -2.31. The molecule has 6 rings (SSSR count). The second-order valence-electron chi connectivity index (χ2n) is 10.7. The first-order valence-corrected chi connectivity index (χ1v) is 15.0. The lowest BCUT2D eigenvalue weighted by molar-refractivity contribution is -0.140. The minimum Gasteiger partial charge on any atom is -0.507 e. The molecule has 230 valence electrons. The number of amides is 1. The summed E-state index contributed by atoms with van der Waals surface area (Å²) in [5.74, 6) is 0.369. The Balaban J connectivity index is 1.37. The number of fused-ring (bicyclic) bond motifs is 1. The average Bonchev–Trinajstić information content (AvgIpc) is 3.32. The van der Waals surface area contributed by atoms with Crippen LogP contribution < -0.4 is 18.9 Å². The molecule has 1 unspecified atom stereocenters. The van der Waals surface area contributed by atoms with Crippen molar-refractivity contribution >= 4 is 17.4 Å². The van der Waals surface area contributed by atoms with E-state index in [1.165, 1.54) is 4.90 Å². The second kappa shape index (κ2) is 13.4. The number of Topliss-reactive ketones (excluding diaryl/α,β-unsaturated/α-hetero) is 1. The van der Waals surface area contributed by atoms with Crippen molar-refractivity contribution in [3.63, 3.8) is 0 Å². The Bertz CT molecular complexity index is 1530. The van der Waals surface area contributed by atoms with Gasteiger partial charge in [0.1, 0.15) is 25.6 Å². The maximum absolute atomic E-state index is 13.6. The van der Waals surface area contributed by atoms with Gasteiger partial charge in [0.25, 0.3) is 11.7 Å². The molecule has 2 saturated heterocycles. The molecule has 0 spiro atoms. The lowest BCUT2D eigenvalue weighted by atomic mass is 9.94. The molecule has 3 aliphatic heterocycles. The van der Waals surface area contributed by atoms with Crippen LogP contribution in [0.15, 0.2) is 72.3 Å². The fraction of sp³-hybridized carbons (Fsp3) is 0.353. The fourth-order valence-electron chi connectivity index (χ4n) is 5.69. The number of aliphatic hydroxyl groups is 1. The molecule has 0 aliphatic carbocycles. The minimum atomic E-state index is -0.841. The Morgan fingerprint density at radius 1 is 0.864 bits per heavy atom. The van der Waals surface area contributed by atoms with Crippen LogP contribution in [-0.4, -0.2) is 85.8 Å². The molecule has 0 radical (unpaired) electrons. The summed E-state index contributed by atoms with van der Waals surface area (Å²) in [6, 6.07) is 19.4. The highest BCUT2D eigenvalue weighted by Crippen LogP contribution is 2.43. The summed E-state index contributed by atoms with van der Waals surface area (Å²) in [7, 11) is 0. The maximum atomic E-state index is 13.6. The van der Waals surface area contributed by atoms with Gasteiger partial charge in [-0.15, -0.1) is 0 Å². The number of rotatable bonds is 10. The van der Waals surface area contributed by atoms with Crippen molar-refractivity contribution in [2.24, 2.45) is 0 Å². The molecule has 0 aromatic heterocycles. The van der Waals surface area contributed by atoms with Crippen molar-refractivity contribution in [3.05, 3.63) is 89.0 Å². The van der Waals surface area contributed by atoms with Gasteiger partial charge >= 0.3 is 0 Å². The third-order valence-corrected chi connectivity index (χ3v) is 7.94. The molecule has 10 nitrogen and oxygen atoms in total. The number of carbonyl (C=O) groups is 2. The van der Waals surface area contributed by atoms with E-state index in [0.29, 0.717) is 86.9 Å². The van der Waals surface area contributed by atoms with Crippen LogP contribution in [-0.2, 0) is 20.9 Å². The molecule has 10 heteroatoms. The summed E-state index contributed by atoms with van der Waals surface area (Å²) in [6.07, 6.45) is 0. The number of hydrogen-bond acceptors (Lipinski definition) is 9. The predicted octanol–water partition coefficient (Wildman–Crippen LogP) is 4.19. The highest BCUT2D eigenvalue weighted by molar-refractivity contribution is 6.46. The molecule has 2 fully saturated rings. The number of aliphatic hydroxyl groups excluding tert-OH is 1. The molecule has 3 aromatic carbocycles. The number of likely N-dealkylation sites (tertiary alicyclic amines) is 1. The van der Waals surface area contributed by atoms with Gasteiger partial charge in [-0.3, -0.25) is 14.5 Å². The Morgan fingerprint density at radius 3 is 2.41 bits per heavy atom. The van der Waals surface area contributed by atoms with E-state index in [9.17, 15) is 14.7 Å². The Hall–Kier alpha value is -4.54. The van der Waals surface area contributed by atoms with E-state index in [2.05, 4.69) is 4.90 Å². The normalized spacial score (nSPS) is 19.7. The molecule has 1 N–H and O–H groups in total. The molecule has 1 amide bonds. The smallest absolute Gasteiger partial charge is 0.295 e. The average molecular weight is 601 g/mol. The molecule has 3 aliphatic rings. The molecule has 44 heavy (non-hydrogen) atoms. The molecular formula is C34H36N2O8.